The SMILES string of the molecule is N=C(N)C1(c2ccc(Cl)cc2)CC1. The fraction of sp³-hybridized carbons (Fsp3) is 0.300. The highest BCUT2D eigenvalue weighted by atomic mass is 35.5. The first-order valence-electron chi connectivity index (χ1n) is 4.26. The van der Waals surface area contributed by atoms with Gasteiger partial charge in [-0.1, -0.05) is 23.7 Å². The number of hydrogen-bond acceptors (Lipinski definition) is 1. The maximum Gasteiger partial charge on any atom is 0.101 e. The standard InChI is InChI=1S/C10H11ClN2/c11-8-3-1-7(2-4-8)10(5-6-10)9(12)13/h1-4H,5-6H2,(H3,12,13). The quantitative estimate of drug-likeness (QED) is 0.551. The average Bonchev–Trinajstić information content (AvgIpc) is 2.86. The molecular formula is C10H11ClN2. The van der Waals surface area contributed by atoms with Gasteiger partial charge in [-0.3, -0.25) is 5.41 Å². The van der Waals surface area contributed by atoms with E-state index >= 15 is 0 Å². The molecule has 0 amide bonds. The van der Waals surface area contributed by atoms with Gasteiger partial charge in [-0.25, -0.2) is 0 Å². The summed E-state index contributed by atoms with van der Waals surface area (Å²) in [5.41, 5.74) is 6.51. The molecule has 1 aliphatic rings. The molecule has 68 valence electrons. The van der Waals surface area contributed by atoms with Crippen LogP contribution in [-0.4, -0.2) is 5.84 Å². The van der Waals surface area contributed by atoms with Crippen LogP contribution in [0.1, 0.15) is 18.4 Å². The average molecular weight is 195 g/mol. The molecule has 13 heavy (non-hydrogen) atoms. The van der Waals surface area contributed by atoms with Crippen LogP contribution >= 0.6 is 11.6 Å². The Balaban J connectivity index is 2.36. The van der Waals surface area contributed by atoms with E-state index < -0.39 is 0 Å². The van der Waals surface area contributed by atoms with E-state index in [0.717, 1.165) is 23.4 Å². The van der Waals surface area contributed by atoms with Crippen molar-refractivity contribution in [3.8, 4) is 0 Å². The van der Waals surface area contributed by atoms with Gasteiger partial charge < -0.3 is 5.73 Å². The molecule has 1 aromatic rings. The van der Waals surface area contributed by atoms with Gasteiger partial charge in [0.25, 0.3) is 0 Å². The maximum absolute atomic E-state index is 7.50. The summed E-state index contributed by atoms with van der Waals surface area (Å²) in [6, 6.07) is 7.60. The normalized spacial score (nSPS) is 18.2. The first-order valence-corrected chi connectivity index (χ1v) is 4.63. The molecule has 2 nitrogen and oxygen atoms in total. The van der Waals surface area contributed by atoms with Crippen molar-refractivity contribution in [1.29, 1.82) is 5.41 Å². The molecule has 0 unspecified atom stereocenters. The molecule has 0 bridgehead atoms. The number of rotatable bonds is 2. The van der Waals surface area contributed by atoms with Crippen LogP contribution in [0.4, 0.5) is 0 Å². The zero-order chi connectivity index (χ0) is 9.47. The minimum atomic E-state index is -0.162. The summed E-state index contributed by atoms with van der Waals surface area (Å²) in [4.78, 5) is 0. The van der Waals surface area contributed by atoms with E-state index in [4.69, 9.17) is 22.7 Å². The Morgan fingerprint density at radius 2 is 1.85 bits per heavy atom. The second-order valence-electron chi connectivity index (χ2n) is 3.50. The van der Waals surface area contributed by atoms with Crippen LogP contribution in [0.5, 0.6) is 0 Å². The molecule has 3 N–H and O–H groups in total. The van der Waals surface area contributed by atoms with Gasteiger partial charge in [0.05, 0.1) is 5.41 Å². The third-order valence-corrected chi connectivity index (χ3v) is 2.91. The first kappa shape index (κ1) is 8.57. The summed E-state index contributed by atoms with van der Waals surface area (Å²) >= 11 is 5.78. The number of nitrogens with two attached hydrogens (primary N) is 1. The molecule has 1 aromatic carbocycles. The number of benzene rings is 1. The first-order chi connectivity index (χ1) is 6.15. The number of halogens is 1. The maximum atomic E-state index is 7.50. The van der Waals surface area contributed by atoms with E-state index in [1.807, 2.05) is 24.3 Å². The Bertz CT molecular complexity index is 338. The van der Waals surface area contributed by atoms with Crippen molar-refractivity contribution in [3.05, 3.63) is 34.9 Å². The predicted octanol–water partition coefficient (Wildman–Crippen LogP) is 2.31. The van der Waals surface area contributed by atoms with Gasteiger partial charge >= 0.3 is 0 Å². The lowest BCUT2D eigenvalue weighted by molar-refractivity contribution is 0.923. The summed E-state index contributed by atoms with van der Waals surface area (Å²) in [6.45, 7) is 0. The van der Waals surface area contributed by atoms with Crippen LogP contribution in [0.2, 0.25) is 5.02 Å². The molecule has 0 spiro atoms. The number of amidine groups is 1. The van der Waals surface area contributed by atoms with Crippen molar-refractivity contribution in [2.24, 2.45) is 5.73 Å². The molecule has 1 fully saturated rings. The van der Waals surface area contributed by atoms with Crippen LogP contribution in [-0.2, 0) is 5.41 Å². The van der Waals surface area contributed by atoms with Crippen LogP contribution in [0.25, 0.3) is 0 Å². The smallest absolute Gasteiger partial charge is 0.101 e. The zero-order valence-corrected chi connectivity index (χ0v) is 7.93. The lowest BCUT2D eigenvalue weighted by atomic mass is 9.95. The molecule has 1 saturated carbocycles. The topological polar surface area (TPSA) is 49.9 Å². The van der Waals surface area contributed by atoms with Crippen molar-refractivity contribution < 1.29 is 0 Å². The molecule has 0 heterocycles. The van der Waals surface area contributed by atoms with Crippen LogP contribution < -0.4 is 5.73 Å². The number of hydrogen-bond donors (Lipinski definition) is 2. The van der Waals surface area contributed by atoms with Crippen molar-refractivity contribution in [2.45, 2.75) is 18.3 Å². The molecule has 0 radical (unpaired) electrons. The molecule has 0 saturated heterocycles. The minimum Gasteiger partial charge on any atom is -0.387 e. The monoisotopic (exact) mass is 194 g/mol. The number of nitrogens with one attached hydrogen (secondary N) is 1. The molecule has 0 aliphatic heterocycles. The van der Waals surface area contributed by atoms with E-state index in [1.165, 1.54) is 0 Å². The van der Waals surface area contributed by atoms with Crippen molar-refractivity contribution >= 4 is 17.4 Å². The summed E-state index contributed by atoms with van der Waals surface area (Å²) in [5.74, 6) is 0.273. The van der Waals surface area contributed by atoms with Crippen LogP contribution in [0.3, 0.4) is 0 Å². The summed E-state index contributed by atoms with van der Waals surface area (Å²) in [5, 5.41) is 8.22. The van der Waals surface area contributed by atoms with E-state index in [0.29, 0.717) is 0 Å². The van der Waals surface area contributed by atoms with E-state index in [9.17, 15) is 0 Å². The lowest BCUT2D eigenvalue weighted by Gasteiger charge is -2.13. The lowest BCUT2D eigenvalue weighted by Crippen LogP contribution is -2.27. The second-order valence-corrected chi connectivity index (χ2v) is 3.94. The molecule has 1 aliphatic carbocycles. The predicted molar refractivity (Wildman–Crippen MR) is 54.3 cm³/mol. The van der Waals surface area contributed by atoms with Gasteiger partial charge in [-0.15, -0.1) is 0 Å². The zero-order valence-electron chi connectivity index (χ0n) is 7.18. The second kappa shape index (κ2) is 2.74. The molecule has 3 heteroatoms. The van der Waals surface area contributed by atoms with Crippen LogP contribution in [0, 0.1) is 5.41 Å². The summed E-state index contributed by atoms with van der Waals surface area (Å²) < 4.78 is 0. The molecular weight excluding hydrogens is 184 g/mol. The summed E-state index contributed by atoms with van der Waals surface area (Å²) in [6.07, 6.45) is 1.98. The Morgan fingerprint density at radius 3 is 2.23 bits per heavy atom. The van der Waals surface area contributed by atoms with Gasteiger partial charge in [0.1, 0.15) is 5.84 Å². The fourth-order valence-corrected chi connectivity index (χ4v) is 1.73. The van der Waals surface area contributed by atoms with Gasteiger partial charge in [0.2, 0.25) is 0 Å². The van der Waals surface area contributed by atoms with Gasteiger partial charge in [0, 0.05) is 5.02 Å². The van der Waals surface area contributed by atoms with Crippen molar-refractivity contribution in [1.82, 2.24) is 0 Å². The third-order valence-electron chi connectivity index (χ3n) is 2.66. The Hall–Kier alpha value is -1.02. The van der Waals surface area contributed by atoms with Crippen molar-refractivity contribution in [3.63, 3.8) is 0 Å². The highest BCUT2D eigenvalue weighted by Gasteiger charge is 2.47. The molecule has 2 rings (SSSR count). The van der Waals surface area contributed by atoms with E-state index in [1.54, 1.807) is 0 Å². The van der Waals surface area contributed by atoms with E-state index in [2.05, 4.69) is 0 Å². The van der Waals surface area contributed by atoms with Crippen molar-refractivity contribution in [2.75, 3.05) is 0 Å². The Labute approximate surface area is 82.2 Å². The minimum absolute atomic E-state index is 0.162. The highest BCUT2D eigenvalue weighted by molar-refractivity contribution is 6.30. The van der Waals surface area contributed by atoms with Gasteiger partial charge in [-0.05, 0) is 30.5 Å². The van der Waals surface area contributed by atoms with Crippen LogP contribution in [0.15, 0.2) is 24.3 Å². The summed E-state index contributed by atoms with van der Waals surface area (Å²) in [7, 11) is 0. The molecule has 0 aromatic heterocycles. The molecule has 0 atom stereocenters. The highest BCUT2D eigenvalue weighted by Crippen LogP contribution is 2.48. The van der Waals surface area contributed by atoms with Gasteiger partial charge in [0.15, 0.2) is 0 Å². The fourth-order valence-electron chi connectivity index (χ4n) is 1.61. The largest absolute Gasteiger partial charge is 0.387 e. The van der Waals surface area contributed by atoms with Gasteiger partial charge in [-0.2, -0.15) is 0 Å². The Kier molecular flexibility index (Phi) is 1.81. The van der Waals surface area contributed by atoms with E-state index in [-0.39, 0.29) is 11.3 Å². The third kappa shape index (κ3) is 1.31. The Morgan fingerprint density at radius 1 is 1.31 bits per heavy atom.